The van der Waals surface area contributed by atoms with E-state index in [2.05, 4.69) is 31.0 Å². The van der Waals surface area contributed by atoms with Gasteiger partial charge in [-0.05, 0) is 55.7 Å². The quantitative estimate of drug-likeness (QED) is 0.268. The zero-order valence-corrected chi connectivity index (χ0v) is 27.8. The third-order valence-corrected chi connectivity index (χ3v) is 11.4. The van der Waals surface area contributed by atoms with E-state index in [4.69, 9.17) is 9.72 Å². The Morgan fingerprint density at radius 3 is 2.55 bits per heavy atom. The molecule has 242 valence electrons. The van der Waals surface area contributed by atoms with Crippen molar-refractivity contribution in [2.24, 2.45) is 11.8 Å². The van der Waals surface area contributed by atoms with Crippen LogP contribution in [-0.2, 0) is 41.8 Å². The second kappa shape index (κ2) is 16.2. The van der Waals surface area contributed by atoms with Crippen LogP contribution in [-0.4, -0.2) is 86.2 Å². The van der Waals surface area contributed by atoms with E-state index in [1.54, 1.807) is 11.3 Å². The molecule has 1 aromatic heterocycles. The number of hydrogen-bond donors (Lipinski definition) is 1. The number of rotatable bonds is 16. The summed E-state index contributed by atoms with van der Waals surface area (Å²) in [7, 11) is -3.00. The summed E-state index contributed by atoms with van der Waals surface area (Å²) < 4.78 is 30.2. The van der Waals surface area contributed by atoms with Gasteiger partial charge in [0.15, 0.2) is 15.6 Å². The lowest BCUT2D eigenvalue weighted by Crippen LogP contribution is -2.46. The molecule has 2 fully saturated rings. The van der Waals surface area contributed by atoms with Crippen LogP contribution in [0.2, 0.25) is 0 Å². The summed E-state index contributed by atoms with van der Waals surface area (Å²) in [6.45, 7) is 10.5. The number of nitrogens with zero attached hydrogens (tertiary/aromatic N) is 2. The molecule has 0 radical (unpaired) electrons. The van der Waals surface area contributed by atoms with E-state index in [0.29, 0.717) is 57.7 Å². The van der Waals surface area contributed by atoms with Crippen LogP contribution in [0, 0.1) is 11.8 Å². The molecular formula is C33H47N3O6S2. The highest BCUT2D eigenvalue weighted by molar-refractivity contribution is 7.91. The van der Waals surface area contributed by atoms with Crippen LogP contribution < -0.4 is 5.32 Å². The largest absolute Gasteiger partial charge is 0.381 e. The van der Waals surface area contributed by atoms with Crippen LogP contribution in [0.15, 0.2) is 30.4 Å². The number of aromatic nitrogens is 1. The molecule has 2 aromatic rings. The van der Waals surface area contributed by atoms with Gasteiger partial charge in [0.1, 0.15) is 5.78 Å². The van der Waals surface area contributed by atoms with Crippen LogP contribution in [0.3, 0.4) is 0 Å². The van der Waals surface area contributed by atoms with Gasteiger partial charge in [-0.25, -0.2) is 13.4 Å². The first-order valence-corrected chi connectivity index (χ1v) is 18.6. The number of Topliss-reactive ketones (excluding diaryl/α,β-unsaturated/α-hetero) is 2. The normalized spacial score (nSPS) is 19.0. The van der Waals surface area contributed by atoms with Gasteiger partial charge in [-0.2, -0.15) is 0 Å². The van der Waals surface area contributed by atoms with Gasteiger partial charge in [0.2, 0.25) is 5.91 Å². The van der Waals surface area contributed by atoms with E-state index in [9.17, 15) is 22.8 Å². The predicted molar refractivity (Wildman–Crippen MR) is 175 cm³/mol. The molecule has 44 heavy (non-hydrogen) atoms. The molecule has 4 rings (SSSR count). The van der Waals surface area contributed by atoms with Gasteiger partial charge in [-0.1, -0.05) is 26.5 Å². The minimum Gasteiger partial charge on any atom is -0.381 e. The van der Waals surface area contributed by atoms with Gasteiger partial charge in [-0.3, -0.25) is 19.3 Å². The molecule has 0 saturated carbocycles. The van der Waals surface area contributed by atoms with Crippen LogP contribution in [0.4, 0.5) is 0 Å². The molecule has 2 aliphatic rings. The Labute approximate surface area is 265 Å². The van der Waals surface area contributed by atoms with E-state index in [1.807, 2.05) is 17.9 Å². The smallest absolute Gasteiger partial charge is 0.224 e. The molecule has 3 heterocycles. The number of thiazole rings is 1. The van der Waals surface area contributed by atoms with E-state index in [0.717, 1.165) is 40.9 Å². The number of amides is 1. The fourth-order valence-corrected chi connectivity index (χ4v) is 8.41. The Bertz CT molecular complexity index is 1420. The van der Waals surface area contributed by atoms with Crippen molar-refractivity contribution in [3.8, 4) is 0 Å². The van der Waals surface area contributed by atoms with Crippen molar-refractivity contribution >= 4 is 48.9 Å². The lowest BCUT2D eigenvalue weighted by atomic mass is 9.86. The molecule has 2 atom stereocenters. The second-order valence-corrected chi connectivity index (χ2v) is 15.6. The third kappa shape index (κ3) is 10.0. The monoisotopic (exact) mass is 645 g/mol. The van der Waals surface area contributed by atoms with E-state index in [-0.39, 0.29) is 53.8 Å². The SMILES string of the molecule is C=C(CN1CCS(=O)(=O)CC1)C(=O)CC[C@@H](NC(=O)[C@@H](CC(=O)CCC)Cc1nc2ccc(CC)cc2s1)C1CCOCC1. The Morgan fingerprint density at radius 1 is 1.14 bits per heavy atom. The van der Waals surface area contributed by atoms with Gasteiger partial charge >= 0.3 is 0 Å². The molecule has 0 bridgehead atoms. The molecule has 1 N–H and O–H groups in total. The number of aryl methyl sites for hydroxylation is 1. The van der Waals surface area contributed by atoms with Gasteiger partial charge in [0.25, 0.3) is 0 Å². The zero-order chi connectivity index (χ0) is 31.7. The molecule has 9 nitrogen and oxygen atoms in total. The van der Waals surface area contributed by atoms with Crippen molar-refractivity contribution < 1.29 is 27.5 Å². The number of ketones is 2. The van der Waals surface area contributed by atoms with E-state index < -0.39 is 15.8 Å². The van der Waals surface area contributed by atoms with Crippen molar-refractivity contribution in [2.45, 2.75) is 77.7 Å². The minimum atomic E-state index is -3.00. The summed E-state index contributed by atoms with van der Waals surface area (Å²) in [6, 6.07) is 6.01. The molecule has 11 heteroatoms. The number of carbonyl (C=O) groups is 3. The van der Waals surface area contributed by atoms with Gasteiger partial charge < -0.3 is 10.1 Å². The number of hydrogen-bond acceptors (Lipinski definition) is 9. The number of ether oxygens (including phenoxy) is 1. The van der Waals surface area contributed by atoms with Gasteiger partial charge in [-0.15, -0.1) is 11.3 Å². The number of benzene rings is 1. The molecule has 2 saturated heterocycles. The summed E-state index contributed by atoms with van der Waals surface area (Å²) in [6.07, 6.45) is 4.96. The average Bonchev–Trinajstić information content (AvgIpc) is 3.41. The number of sulfone groups is 1. The summed E-state index contributed by atoms with van der Waals surface area (Å²) in [5, 5.41) is 4.11. The minimum absolute atomic E-state index is 0.0691. The number of fused-ring (bicyclic) bond motifs is 1. The van der Waals surface area contributed by atoms with E-state index >= 15 is 0 Å². The fraction of sp³-hybridized carbons (Fsp3) is 0.636. The van der Waals surface area contributed by atoms with Crippen LogP contribution in [0.1, 0.15) is 69.4 Å². The predicted octanol–water partition coefficient (Wildman–Crippen LogP) is 4.32. The molecule has 0 spiro atoms. The van der Waals surface area contributed by atoms with E-state index in [1.165, 1.54) is 5.56 Å². The maximum absolute atomic E-state index is 13.9. The van der Waals surface area contributed by atoms with Crippen LogP contribution in [0.25, 0.3) is 10.2 Å². The first-order chi connectivity index (χ1) is 21.1. The lowest BCUT2D eigenvalue weighted by molar-refractivity contribution is -0.130. The Balaban J connectivity index is 1.43. The van der Waals surface area contributed by atoms with Crippen molar-refractivity contribution in [3.63, 3.8) is 0 Å². The molecule has 2 aliphatic heterocycles. The van der Waals surface area contributed by atoms with Crippen molar-refractivity contribution in [1.82, 2.24) is 15.2 Å². The van der Waals surface area contributed by atoms with Crippen molar-refractivity contribution in [3.05, 3.63) is 40.9 Å². The Kier molecular flexibility index (Phi) is 12.7. The van der Waals surface area contributed by atoms with Crippen LogP contribution in [0.5, 0.6) is 0 Å². The summed E-state index contributed by atoms with van der Waals surface area (Å²) >= 11 is 1.58. The Morgan fingerprint density at radius 2 is 1.86 bits per heavy atom. The number of carbonyl (C=O) groups excluding carboxylic acids is 3. The van der Waals surface area contributed by atoms with Crippen molar-refractivity contribution in [1.29, 1.82) is 0 Å². The molecular weight excluding hydrogens is 599 g/mol. The lowest BCUT2D eigenvalue weighted by Gasteiger charge is -2.32. The highest BCUT2D eigenvalue weighted by Crippen LogP contribution is 2.28. The maximum Gasteiger partial charge on any atom is 0.224 e. The first kappa shape index (κ1) is 34.4. The van der Waals surface area contributed by atoms with Gasteiger partial charge in [0.05, 0.1) is 32.6 Å². The standard InChI is InChI=1S/C33H47N3O6S2/c1-4-6-27(37)20-26(21-32-34-29-8-7-24(5-2)19-31(29)43-32)33(39)35-28(25-11-15-42-16-12-25)9-10-30(38)23(3)22-36-13-17-44(40,41)18-14-36/h7-8,19,25-26,28H,3-6,9-18,20-22H2,1-2H3,(H,35,39)/t26-,28+/m0/s1. The summed E-state index contributed by atoms with van der Waals surface area (Å²) in [4.78, 5) is 46.5. The summed E-state index contributed by atoms with van der Waals surface area (Å²) in [5.74, 6) is -0.329. The highest BCUT2D eigenvalue weighted by Gasteiger charge is 2.31. The fourth-order valence-electron chi connectivity index (χ4n) is 6.02. The van der Waals surface area contributed by atoms with Gasteiger partial charge in [0, 0.05) is 70.1 Å². The second-order valence-electron chi connectivity index (χ2n) is 12.2. The third-order valence-electron chi connectivity index (χ3n) is 8.79. The molecule has 0 unspecified atom stereocenters. The van der Waals surface area contributed by atoms with Crippen LogP contribution >= 0.6 is 11.3 Å². The summed E-state index contributed by atoms with van der Waals surface area (Å²) in [5.41, 5.74) is 2.61. The molecule has 1 amide bonds. The van der Waals surface area contributed by atoms with Crippen molar-refractivity contribution in [2.75, 3.05) is 44.4 Å². The highest BCUT2D eigenvalue weighted by atomic mass is 32.2. The Hall–Kier alpha value is -2.47. The topological polar surface area (TPSA) is 123 Å². The number of nitrogens with one attached hydrogen (secondary N) is 1. The maximum atomic E-state index is 13.9. The molecule has 0 aliphatic carbocycles. The first-order valence-electron chi connectivity index (χ1n) is 16.0. The molecule has 1 aromatic carbocycles. The zero-order valence-electron chi connectivity index (χ0n) is 26.1. The average molecular weight is 646 g/mol.